The molecule has 0 saturated heterocycles. The van der Waals surface area contributed by atoms with Gasteiger partial charge in [-0.2, -0.15) is 0 Å². The SMILES string of the molecule is CCO.CO.COC(=O)c1cc(N(C)CC2CC2)ccc1OC(=O)OC(C)(C)C. The minimum atomic E-state index is -0.855. The number of aliphatic hydroxyl groups excluding tert-OH is 2. The third-order valence-corrected chi connectivity index (χ3v) is 3.62. The van der Waals surface area contributed by atoms with Crippen LogP contribution in [0.15, 0.2) is 18.2 Å². The normalized spacial score (nSPS) is 12.4. The Balaban J connectivity index is 0.00000143. The number of anilines is 1. The first kappa shape index (κ1) is 26.7. The van der Waals surface area contributed by atoms with Crippen LogP contribution in [0.3, 0.4) is 0 Å². The molecule has 0 aliphatic heterocycles. The van der Waals surface area contributed by atoms with Gasteiger partial charge in [-0.1, -0.05) is 0 Å². The van der Waals surface area contributed by atoms with Crippen molar-refractivity contribution in [2.24, 2.45) is 5.92 Å². The molecular weight excluding hydrogens is 378 g/mol. The number of hydrogen-bond acceptors (Lipinski definition) is 8. The van der Waals surface area contributed by atoms with Crippen LogP contribution >= 0.6 is 0 Å². The van der Waals surface area contributed by atoms with E-state index in [9.17, 15) is 9.59 Å². The molecule has 1 saturated carbocycles. The lowest BCUT2D eigenvalue weighted by Gasteiger charge is -2.21. The summed E-state index contributed by atoms with van der Waals surface area (Å²) >= 11 is 0. The number of rotatable bonds is 5. The highest BCUT2D eigenvalue weighted by molar-refractivity contribution is 5.94. The minimum Gasteiger partial charge on any atom is -0.465 e. The monoisotopic (exact) mass is 413 g/mol. The summed E-state index contributed by atoms with van der Waals surface area (Å²) in [4.78, 5) is 26.0. The zero-order chi connectivity index (χ0) is 22.6. The van der Waals surface area contributed by atoms with Crippen LogP contribution in [0.4, 0.5) is 10.5 Å². The topological polar surface area (TPSA) is 106 Å². The molecule has 29 heavy (non-hydrogen) atoms. The second kappa shape index (κ2) is 13.0. The first-order chi connectivity index (χ1) is 13.6. The summed E-state index contributed by atoms with van der Waals surface area (Å²) in [6, 6.07) is 5.08. The van der Waals surface area contributed by atoms with Crippen LogP contribution in [0.25, 0.3) is 0 Å². The van der Waals surface area contributed by atoms with Gasteiger partial charge in [-0.3, -0.25) is 0 Å². The van der Waals surface area contributed by atoms with E-state index in [0.29, 0.717) is 5.92 Å². The van der Waals surface area contributed by atoms with Crippen LogP contribution < -0.4 is 9.64 Å². The van der Waals surface area contributed by atoms with E-state index in [1.807, 2.05) is 13.1 Å². The van der Waals surface area contributed by atoms with Crippen molar-refractivity contribution in [3.8, 4) is 5.75 Å². The number of hydrogen-bond donors (Lipinski definition) is 2. The van der Waals surface area contributed by atoms with Crippen molar-refractivity contribution >= 4 is 17.8 Å². The first-order valence-electron chi connectivity index (χ1n) is 9.51. The number of benzene rings is 1. The van der Waals surface area contributed by atoms with Gasteiger partial charge in [-0.15, -0.1) is 0 Å². The zero-order valence-corrected chi connectivity index (χ0v) is 18.5. The molecule has 0 amide bonds. The molecule has 0 atom stereocenters. The van der Waals surface area contributed by atoms with E-state index >= 15 is 0 Å². The fraction of sp³-hybridized carbons (Fsp3) is 0.619. The highest BCUT2D eigenvalue weighted by Crippen LogP contribution is 2.32. The summed E-state index contributed by atoms with van der Waals surface area (Å²) in [5.41, 5.74) is 0.398. The van der Waals surface area contributed by atoms with Crippen LogP contribution in [-0.4, -0.2) is 62.4 Å². The number of aliphatic hydroxyl groups is 2. The van der Waals surface area contributed by atoms with Crippen LogP contribution in [0.5, 0.6) is 5.75 Å². The van der Waals surface area contributed by atoms with Gasteiger partial charge in [0.05, 0.1) is 7.11 Å². The van der Waals surface area contributed by atoms with Crippen LogP contribution in [0, 0.1) is 5.92 Å². The van der Waals surface area contributed by atoms with Crippen molar-refractivity contribution in [2.75, 3.05) is 39.3 Å². The summed E-state index contributed by atoms with van der Waals surface area (Å²) in [6.07, 6.45) is 1.63. The van der Waals surface area contributed by atoms with Crippen LogP contribution in [-0.2, 0) is 9.47 Å². The molecule has 1 aliphatic carbocycles. The molecule has 166 valence electrons. The molecule has 1 aromatic carbocycles. The molecule has 0 radical (unpaired) electrons. The Kier molecular flexibility index (Phi) is 12.0. The van der Waals surface area contributed by atoms with E-state index in [1.165, 1.54) is 20.0 Å². The molecule has 1 aromatic rings. The third-order valence-electron chi connectivity index (χ3n) is 3.62. The smallest absolute Gasteiger partial charge is 0.465 e. The highest BCUT2D eigenvalue weighted by atomic mass is 16.7. The molecule has 1 fully saturated rings. The molecule has 0 bridgehead atoms. The van der Waals surface area contributed by atoms with Crippen molar-refractivity contribution in [1.82, 2.24) is 0 Å². The Hall–Kier alpha value is -2.32. The Morgan fingerprint density at radius 2 is 1.76 bits per heavy atom. The van der Waals surface area contributed by atoms with E-state index < -0.39 is 17.7 Å². The molecule has 0 spiro atoms. The van der Waals surface area contributed by atoms with Crippen LogP contribution in [0.1, 0.15) is 50.9 Å². The second-order valence-electron chi connectivity index (χ2n) is 7.38. The zero-order valence-electron chi connectivity index (χ0n) is 18.5. The van der Waals surface area contributed by atoms with Crippen LogP contribution in [0.2, 0.25) is 0 Å². The van der Waals surface area contributed by atoms with Crippen molar-refractivity contribution in [3.63, 3.8) is 0 Å². The molecule has 0 heterocycles. The van der Waals surface area contributed by atoms with Gasteiger partial charge in [0.2, 0.25) is 0 Å². The summed E-state index contributed by atoms with van der Waals surface area (Å²) in [7, 11) is 4.27. The maximum absolute atomic E-state index is 12.0. The highest BCUT2D eigenvalue weighted by Gasteiger charge is 2.25. The Labute approximate surface area is 173 Å². The fourth-order valence-electron chi connectivity index (χ4n) is 2.27. The van der Waals surface area contributed by atoms with Gasteiger partial charge >= 0.3 is 12.1 Å². The quantitative estimate of drug-likeness (QED) is 0.560. The molecule has 0 unspecified atom stereocenters. The fourth-order valence-corrected chi connectivity index (χ4v) is 2.27. The van der Waals surface area contributed by atoms with Crippen molar-refractivity contribution in [1.29, 1.82) is 0 Å². The maximum atomic E-state index is 12.0. The lowest BCUT2D eigenvalue weighted by molar-refractivity contribution is 0.0203. The maximum Gasteiger partial charge on any atom is 0.514 e. The van der Waals surface area contributed by atoms with Gasteiger partial charge in [0.15, 0.2) is 0 Å². The average molecular weight is 414 g/mol. The van der Waals surface area contributed by atoms with E-state index in [1.54, 1.807) is 39.8 Å². The van der Waals surface area contributed by atoms with Gasteiger partial charge < -0.3 is 29.3 Å². The number of methoxy groups -OCH3 is 1. The Bertz CT molecular complexity index is 636. The van der Waals surface area contributed by atoms with Crippen molar-refractivity contribution in [2.45, 2.75) is 46.1 Å². The molecule has 8 heteroatoms. The molecule has 0 aromatic heterocycles. The predicted molar refractivity (Wildman–Crippen MR) is 112 cm³/mol. The largest absolute Gasteiger partial charge is 0.514 e. The number of nitrogens with zero attached hydrogens (tertiary/aromatic N) is 1. The number of esters is 1. The average Bonchev–Trinajstić information content (AvgIpc) is 3.46. The van der Waals surface area contributed by atoms with Gasteiger partial charge in [0.25, 0.3) is 0 Å². The van der Waals surface area contributed by atoms with E-state index in [-0.39, 0.29) is 17.9 Å². The number of carbonyl (C=O) groups is 2. The first-order valence-corrected chi connectivity index (χ1v) is 9.51. The Morgan fingerprint density at radius 1 is 1.21 bits per heavy atom. The molecule has 1 aliphatic rings. The third kappa shape index (κ3) is 10.7. The predicted octanol–water partition coefficient (Wildman–Crippen LogP) is 3.24. The van der Waals surface area contributed by atoms with Gasteiger partial charge in [0, 0.05) is 33.0 Å². The molecule has 2 rings (SSSR count). The van der Waals surface area contributed by atoms with E-state index in [4.69, 9.17) is 24.4 Å². The minimum absolute atomic E-state index is 0.125. The van der Waals surface area contributed by atoms with E-state index in [2.05, 4.69) is 4.90 Å². The summed E-state index contributed by atoms with van der Waals surface area (Å²) < 4.78 is 15.1. The lowest BCUT2D eigenvalue weighted by atomic mass is 10.1. The number of ether oxygens (including phenoxy) is 3. The van der Waals surface area contributed by atoms with Crippen molar-refractivity contribution in [3.05, 3.63) is 23.8 Å². The standard InChI is InChI=1S/C18H25NO5.C2H6O.CH4O/c1-18(2,3)24-17(21)23-15-9-8-13(10-14(15)16(20)22-5)19(4)11-12-6-7-12;1-2-3;1-2/h8-10,12H,6-7,11H2,1-5H3;3H,2H2,1H3;2H,1H3. The van der Waals surface area contributed by atoms with Gasteiger partial charge in [-0.05, 0) is 64.7 Å². The molecule has 8 nitrogen and oxygen atoms in total. The van der Waals surface area contributed by atoms with Gasteiger partial charge in [-0.25, -0.2) is 9.59 Å². The number of carbonyl (C=O) groups excluding carboxylic acids is 2. The summed E-state index contributed by atoms with van der Waals surface area (Å²) in [6.45, 7) is 8.09. The van der Waals surface area contributed by atoms with Crippen molar-refractivity contribution < 1.29 is 34.0 Å². The Morgan fingerprint density at radius 3 is 2.21 bits per heavy atom. The van der Waals surface area contributed by atoms with E-state index in [0.717, 1.165) is 19.3 Å². The second-order valence-corrected chi connectivity index (χ2v) is 7.38. The summed E-state index contributed by atoms with van der Waals surface area (Å²) in [5.74, 6) is 0.282. The lowest BCUT2D eigenvalue weighted by Crippen LogP contribution is -2.26. The molecule has 2 N–H and O–H groups in total. The summed E-state index contributed by atoms with van der Waals surface area (Å²) in [5, 5.41) is 14.6. The molecular formula is C21H35NO7. The van der Waals surface area contributed by atoms with Gasteiger partial charge in [0.1, 0.15) is 16.9 Å².